The molecule has 0 spiro atoms. The molecule has 0 amide bonds. The third kappa shape index (κ3) is 5.45. The summed E-state index contributed by atoms with van der Waals surface area (Å²) in [4.78, 5) is 13.7. The molecular weight excluding hydrogens is 596 g/mol. The standard InChI is InChI=1S/C27H30O17/c1-7-16(32)20(36)22(38)26(40-7)42-13-3-8(2-11(31)17(13)33)24-25(19(35)15-10(30)4-9(29)5-12(15)41-24)44-27-23(39)21(37)18(34)14(6-28)43-27/h2-5,7,14,16,18,20-23,26-34,36-39H,6H2,1H3. The van der Waals surface area contributed by atoms with E-state index in [1.165, 1.54) is 6.92 Å². The van der Waals surface area contributed by atoms with Crippen molar-refractivity contribution in [3.8, 4) is 45.8 Å². The topological polar surface area (TPSA) is 290 Å². The minimum Gasteiger partial charge on any atom is -0.508 e. The number of hydrogen-bond donors (Lipinski definition) is 11. The van der Waals surface area contributed by atoms with E-state index in [4.69, 9.17) is 23.4 Å². The van der Waals surface area contributed by atoms with Crippen LogP contribution >= 0.6 is 0 Å². The summed E-state index contributed by atoms with van der Waals surface area (Å²) in [5.74, 6) is -4.96. The summed E-state index contributed by atoms with van der Waals surface area (Å²) in [6.45, 7) is 0.553. The Balaban J connectivity index is 1.64. The maximum absolute atomic E-state index is 13.7. The SMILES string of the molecule is CC1OC(Oc2cc(-c3oc4cc(O)cc(O)c4c(=O)c3OC3OC(CO)C(O)C(O)C3O)cc(O)c2O)C(O)C(O)C1O. The summed E-state index contributed by atoms with van der Waals surface area (Å²) in [5, 5.41) is 112. The average Bonchev–Trinajstić information content (AvgIpc) is 2.97. The molecular formula is C27H30O17. The lowest BCUT2D eigenvalue weighted by atomic mass is 9.99. The van der Waals surface area contributed by atoms with Crippen LogP contribution in [0.1, 0.15) is 6.92 Å². The molecule has 10 unspecified atom stereocenters. The molecule has 2 fully saturated rings. The van der Waals surface area contributed by atoms with Crippen LogP contribution in [-0.2, 0) is 9.47 Å². The summed E-state index contributed by atoms with van der Waals surface area (Å²) < 4.78 is 27.6. The van der Waals surface area contributed by atoms with Crippen LogP contribution < -0.4 is 14.9 Å². The van der Waals surface area contributed by atoms with Gasteiger partial charge in [0.15, 0.2) is 17.3 Å². The van der Waals surface area contributed by atoms with E-state index in [0.29, 0.717) is 0 Å². The Kier molecular flexibility index (Phi) is 8.51. The summed E-state index contributed by atoms with van der Waals surface area (Å²) >= 11 is 0. The van der Waals surface area contributed by atoms with Crippen molar-refractivity contribution in [3.63, 3.8) is 0 Å². The van der Waals surface area contributed by atoms with Gasteiger partial charge in [-0.15, -0.1) is 0 Å². The summed E-state index contributed by atoms with van der Waals surface area (Å²) in [6.07, 6.45) is -16.7. The fraction of sp³-hybridized carbons (Fsp3) is 0.444. The lowest BCUT2D eigenvalue weighted by Crippen LogP contribution is -2.60. The predicted molar refractivity (Wildman–Crippen MR) is 142 cm³/mol. The minimum absolute atomic E-state index is 0.282. The van der Waals surface area contributed by atoms with E-state index in [1.54, 1.807) is 0 Å². The molecule has 11 N–H and O–H groups in total. The second-order valence-corrected chi connectivity index (χ2v) is 10.4. The first-order valence-corrected chi connectivity index (χ1v) is 13.2. The highest BCUT2D eigenvalue weighted by Crippen LogP contribution is 2.44. The fourth-order valence-corrected chi connectivity index (χ4v) is 4.90. The number of ether oxygens (including phenoxy) is 4. The van der Waals surface area contributed by atoms with Crippen LogP contribution in [0.15, 0.2) is 33.5 Å². The van der Waals surface area contributed by atoms with Crippen molar-refractivity contribution in [2.24, 2.45) is 0 Å². The lowest BCUT2D eigenvalue weighted by Gasteiger charge is -2.39. The molecule has 2 aliphatic rings. The normalized spacial score (nSPS) is 32.5. The molecule has 3 heterocycles. The molecule has 3 aromatic rings. The number of phenolic OH excluding ortho intramolecular Hbond substituents is 4. The number of aliphatic hydroxyl groups is 7. The van der Waals surface area contributed by atoms with Gasteiger partial charge in [-0.3, -0.25) is 4.79 Å². The Hall–Kier alpha value is -3.91. The van der Waals surface area contributed by atoms with Gasteiger partial charge in [0.1, 0.15) is 65.2 Å². The van der Waals surface area contributed by atoms with Crippen LogP contribution in [-0.4, -0.2) is 124 Å². The number of rotatable bonds is 6. The van der Waals surface area contributed by atoms with E-state index in [-0.39, 0.29) is 5.56 Å². The van der Waals surface area contributed by atoms with Crippen molar-refractivity contribution in [3.05, 3.63) is 34.5 Å². The van der Waals surface area contributed by atoms with Crippen LogP contribution in [0.3, 0.4) is 0 Å². The molecule has 2 saturated heterocycles. The van der Waals surface area contributed by atoms with Crippen molar-refractivity contribution in [2.45, 2.75) is 68.3 Å². The molecule has 5 rings (SSSR count). The molecule has 2 aromatic carbocycles. The highest BCUT2D eigenvalue weighted by Gasteiger charge is 2.46. The zero-order valence-corrected chi connectivity index (χ0v) is 22.7. The first-order chi connectivity index (χ1) is 20.7. The van der Waals surface area contributed by atoms with Crippen LogP contribution in [0.2, 0.25) is 0 Å². The number of hydrogen-bond acceptors (Lipinski definition) is 17. The van der Waals surface area contributed by atoms with E-state index in [9.17, 15) is 61.0 Å². The zero-order chi connectivity index (χ0) is 32.2. The molecule has 0 bridgehead atoms. The van der Waals surface area contributed by atoms with Crippen LogP contribution in [0, 0.1) is 0 Å². The number of aromatic hydroxyl groups is 4. The second-order valence-electron chi connectivity index (χ2n) is 10.4. The third-order valence-electron chi connectivity index (χ3n) is 7.37. The second kappa shape index (κ2) is 11.9. The molecule has 44 heavy (non-hydrogen) atoms. The highest BCUT2D eigenvalue weighted by molar-refractivity contribution is 5.88. The Morgan fingerprint density at radius 3 is 2.05 bits per heavy atom. The molecule has 17 heteroatoms. The van der Waals surface area contributed by atoms with Crippen molar-refractivity contribution in [2.75, 3.05) is 6.61 Å². The largest absolute Gasteiger partial charge is 0.508 e. The first-order valence-electron chi connectivity index (χ1n) is 13.2. The molecule has 0 radical (unpaired) electrons. The van der Waals surface area contributed by atoms with Gasteiger partial charge in [0.05, 0.1) is 12.7 Å². The van der Waals surface area contributed by atoms with Crippen LogP contribution in [0.25, 0.3) is 22.3 Å². The molecule has 10 atom stereocenters. The van der Waals surface area contributed by atoms with Crippen molar-refractivity contribution in [1.29, 1.82) is 0 Å². The number of aliphatic hydroxyl groups excluding tert-OH is 7. The highest BCUT2D eigenvalue weighted by atomic mass is 16.7. The molecule has 17 nitrogen and oxygen atoms in total. The smallest absolute Gasteiger partial charge is 0.239 e. The van der Waals surface area contributed by atoms with E-state index in [2.05, 4.69) is 0 Å². The Morgan fingerprint density at radius 1 is 0.750 bits per heavy atom. The molecule has 240 valence electrons. The zero-order valence-electron chi connectivity index (χ0n) is 22.7. The van der Waals surface area contributed by atoms with E-state index in [1.807, 2.05) is 0 Å². The molecule has 1 aromatic heterocycles. The van der Waals surface area contributed by atoms with Gasteiger partial charge < -0.3 is 79.5 Å². The summed E-state index contributed by atoms with van der Waals surface area (Å²) in [6, 6.07) is 3.67. The van der Waals surface area contributed by atoms with Crippen LogP contribution in [0.5, 0.6) is 34.5 Å². The van der Waals surface area contributed by atoms with Crippen molar-refractivity contribution >= 4 is 11.0 Å². The number of benzene rings is 2. The van der Waals surface area contributed by atoms with Crippen molar-refractivity contribution < 1.29 is 79.5 Å². The Labute approximate surface area is 246 Å². The van der Waals surface area contributed by atoms with E-state index in [0.717, 1.165) is 24.3 Å². The lowest BCUT2D eigenvalue weighted by molar-refractivity contribution is -0.277. The van der Waals surface area contributed by atoms with Gasteiger partial charge in [0, 0.05) is 17.7 Å². The number of fused-ring (bicyclic) bond motifs is 1. The van der Waals surface area contributed by atoms with Gasteiger partial charge in [0.2, 0.25) is 29.5 Å². The Bertz CT molecular complexity index is 1590. The maximum atomic E-state index is 13.7. The monoisotopic (exact) mass is 626 g/mol. The fourth-order valence-electron chi connectivity index (χ4n) is 4.90. The quantitative estimate of drug-likeness (QED) is 0.128. The van der Waals surface area contributed by atoms with Gasteiger partial charge in [-0.2, -0.15) is 0 Å². The first kappa shape index (κ1) is 31.5. The maximum Gasteiger partial charge on any atom is 0.239 e. The third-order valence-corrected chi connectivity index (χ3v) is 7.37. The van der Waals surface area contributed by atoms with E-state index >= 15 is 0 Å². The molecule has 2 aliphatic heterocycles. The Morgan fingerprint density at radius 2 is 1.39 bits per heavy atom. The molecule has 0 saturated carbocycles. The van der Waals surface area contributed by atoms with Gasteiger partial charge >= 0.3 is 0 Å². The van der Waals surface area contributed by atoms with Gasteiger partial charge in [-0.1, -0.05) is 0 Å². The summed E-state index contributed by atoms with van der Waals surface area (Å²) in [7, 11) is 0. The average molecular weight is 627 g/mol. The number of phenols is 4. The van der Waals surface area contributed by atoms with Crippen molar-refractivity contribution in [1.82, 2.24) is 0 Å². The van der Waals surface area contributed by atoms with E-state index < -0.39 is 125 Å². The molecule has 0 aliphatic carbocycles. The minimum atomic E-state index is -1.98. The van der Waals surface area contributed by atoms with Gasteiger partial charge in [0.25, 0.3) is 0 Å². The predicted octanol–water partition coefficient (Wildman–Crippen LogP) is -2.33. The summed E-state index contributed by atoms with van der Waals surface area (Å²) in [5.41, 5.74) is -1.78. The van der Waals surface area contributed by atoms with Gasteiger partial charge in [-0.25, -0.2) is 0 Å². The van der Waals surface area contributed by atoms with Crippen LogP contribution in [0.4, 0.5) is 0 Å². The van der Waals surface area contributed by atoms with Gasteiger partial charge in [-0.05, 0) is 19.1 Å².